The highest BCUT2D eigenvalue weighted by atomic mass is 16.6. The quantitative estimate of drug-likeness (QED) is 0.104. The van der Waals surface area contributed by atoms with E-state index in [-0.39, 0.29) is 52.1 Å². The summed E-state index contributed by atoms with van der Waals surface area (Å²) in [6.07, 6.45) is 5.01. The Morgan fingerprint density at radius 3 is 1.42 bits per heavy atom. The lowest BCUT2D eigenvalue weighted by atomic mass is 9.78. The molecule has 0 aliphatic heterocycles. The predicted octanol–water partition coefficient (Wildman–Crippen LogP) is 3.68. The van der Waals surface area contributed by atoms with Crippen LogP contribution in [-0.4, -0.2) is 50.3 Å². The zero-order valence-corrected chi connectivity index (χ0v) is 18.8. The van der Waals surface area contributed by atoms with Crippen molar-refractivity contribution in [2.75, 3.05) is 26.4 Å². The van der Waals surface area contributed by atoms with Crippen molar-refractivity contribution in [3.63, 3.8) is 0 Å². The first-order chi connectivity index (χ1) is 14.9. The number of rotatable bonds is 18. The van der Waals surface area contributed by atoms with Crippen LogP contribution in [-0.2, 0) is 38.1 Å². The van der Waals surface area contributed by atoms with Crippen LogP contribution in [0.3, 0.4) is 0 Å². The zero-order chi connectivity index (χ0) is 23.5. The van der Waals surface area contributed by atoms with E-state index in [4.69, 9.17) is 18.9 Å². The molecule has 0 aromatic rings. The highest BCUT2D eigenvalue weighted by molar-refractivity contribution is 6.00. The maximum atomic E-state index is 12.9. The van der Waals surface area contributed by atoms with E-state index in [1.807, 2.05) is 13.8 Å². The lowest BCUT2D eigenvalue weighted by Crippen LogP contribution is -2.43. The van der Waals surface area contributed by atoms with Crippen LogP contribution in [0.25, 0.3) is 0 Å². The van der Waals surface area contributed by atoms with E-state index in [0.717, 1.165) is 12.8 Å². The molecule has 0 aliphatic rings. The fraction of sp³-hybridized carbons (Fsp3) is 0.652. The van der Waals surface area contributed by atoms with Gasteiger partial charge in [-0.3, -0.25) is 19.2 Å². The minimum Gasteiger partial charge on any atom is -0.466 e. The average Bonchev–Trinajstić information content (AvgIpc) is 2.76. The van der Waals surface area contributed by atoms with Gasteiger partial charge in [0.25, 0.3) is 0 Å². The lowest BCUT2D eigenvalue weighted by Gasteiger charge is -2.28. The van der Waals surface area contributed by atoms with E-state index in [0.29, 0.717) is 12.8 Å². The van der Waals surface area contributed by atoms with Crippen molar-refractivity contribution < 1.29 is 38.1 Å². The Kier molecular flexibility index (Phi) is 15.6. The van der Waals surface area contributed by atoms with Crippen molar-refractivity contribution in [3.8, 4) is 0 Å². The molecule has 0 rings (SSSR count). The molecule has 0 heterocycles. The molecule has 31 heavy (non-hydrogen) atoms. The summed E-state index contributed by atoms with van der Waals surface area (Å²) >= 11 is 0. The minimum atomic E-state index is -1.85. The Labute approximate surface area is 184 Å². The lowest BCUT2D eigenvalue weighted by molar-refractivity contribution is -0.173. The Balaban J connectivity index is 5.51. The number of hydrogen-bond acceptors (Lipinski definition) is 8. The molecule has 0 spiro atoms. The van der Waals surface area contributed by atoms with Crippen LogP contribution >= 0.6 is 0 Å². The van der Waals surface area contributed by atoms with Gasteiger partial charge in [-0.25, -0.2) is 0 Å². The molecule has 8 nitrogen and oxygen atoms in total. The monoisotopic (exact) mass is 440 g/mol. The summed E-state index contributed by atoms with van der Waals surface area (Å²) in [6.45, 7) is 11.2. The summed E-state index contributed by atoms with van der Waals surface area (Å²) in [5.74, 6) is -2.86. The summed E-state index contributed by atoms with van der Waals surface area (Å²) in [6, 6.07) is 0. The summed E-state index contributed by atoms with van der Waals surface area (Å²) in [7, 11) is 0. The summed E-state index contributed by atoms with van der Waals surface area (Å²) < 4.78 is 20.5. The number of ether oxygens (including phenoxy) is 4. The van der Waals surface area contributed by atoms with Gasteiger partial charge in [-0.05, 0) is 25.7 Å². The topological polar surface area (TPSA) is 105 Å². The van der Waals surface area contributed by atoms with Crippen LogP contribution in [0.4, 0.5) is 0 Å². The zero-order valence-electron chi connectivity index (χ0n) is 18.8. The van der Waals surface area contributed by atoms with Crippen molar-refractivity contribution in [2.24, 2.45) is 5.41 Å². The number of unbranched alkanes of at least 4 members (excludes halogenated alkanes) is 2. The Hall–Kier alpha value is -2.64. The van der Waals surface area contributed by atoms with E-state index >= 15 is 0 Å². The van der Waals surface area contributed by atoms with Gasteiger partial charge in [-0.2, -0.15) is 0 Å². The first-order valence-electron chi connectivity index (χ1n) is 10.7. The molecular formula is C23H36O8. The summed E-state index contributed by atoms with van der Waals surface area (Å²) in [4.78, 5) is 49.9. The number of carbonyl (C=O) groups is 4. The molecular weight excluding hydrogens is 404 g/mol. The molecule has 0 bridgehead atoms. The first-order valence-corrected chi connectivity index (χ1v) is 10.7. The third kappa shape index (κ3) is 11.4. The van der Waals surface area contributed by atoms with Crippen LogP contribution in [0.5, 0.6) is 0 Å². The Morgan fingerprint density at radius 1 is 0.710 bits per heavy atom. The number of carbonyl (C=O) groups excluding carboxylic acids is 4. The molecule has 0 unspecified atom stereocenters. The maximum absolute atomic E-state index is 12.9. The Bertz CT molecular complexity index is 544. The largest absolute Gasteiger partial charge is 0.466 e. The minimum absolute atomic E-state index is 0.128. The van der Waals surface area contributed by atoms with Crippen LogP contribution in [0.1, 0.15) is 65.2 Å². The smallest absolute Gasteiger partial charge is 0.323 e. The fourth-order valence-electron chi connectivity index (χ4n) is 2.60. The van der Waals surface area contributed by atoms with Gasteiger partial charge < -0.3 is 18.9 Å². The molecule has 0 saturated heterocycles. The van der Waals surface area contributed by atoms with Crippen LogP contribution in [0.15, 0.2) is 25.3 Å². The van der Waals surface area contributed by atoms with Crippen molar-refractivity contribution in [1.82, 2.24) is 0 Å². The predicted molar refractivity (Wildman–Crippen MR) is 115 cm³/mol. The second kappa shape index (κ2) is 17.1. The van der Waals surface area contributed by atoms with Gasteiger partial charge in [0, 0.05) is 12.8 Å². The van der Waals surface area contributed by atoms with Gasteiger partial charge in [-0.15, -0.1) is 0 Å². The van der Waals surface area contributed by atoms with E-state index in [1.54, 1.807) is 0 Å². The van der Waals surface area contributed by atoms with Gasteiger partial charge in [-0.1, -0.05) is 52.0 Å². The van der Waals surface area contributed by atoms with Gasteiger partial charge in [0.15, 0.2) is 5.41 Å². The van der Waals surface area contributed by atoms with Gasteiger partial charge in [0.1, 0.15) is 13.2 Å². The van der Waals surface area contributed by atoms with Crippen molar-refractivity contribution >= 4 is 23.9 Å². The molecule has 0 fully saturated rings. The molecule has 0 aromatic carbocycles. The first kappa shape index (κ1) is 28.4. The van der Waals surface area contributed by atoms with E-state index in [1.165, 1.54) is 12.2 Å². The van der Waals surface area contributed by atoms with Crippen LogP contribution < -0.4 is 0 Å². The highest BCUT2D eigenvalue weighted by Gasteiger charge is 2.49. The second-order valence-electron chi connectivity index (χ2n) is 7.00. The molecule has 0 aromatic heterocycles. The third-order valence-electron chi connectivity index (χ3n) is 4.48. The fourth-order valence-corrected chi connectivity index (χ4v) is 2.60. The van der Waals surface area contributed by atoms with E-state index < -0.39 is 29.3 Å². The number of esters is 4. The van der Waals surface area contributed by atoms with E-state index in [2.05, 4.69) is 13.2 Å². The molecule has 8 heteroatoms. The summed E-state index contributed by atoms with van der Waals surface area (Å²) in [5.41, 5.74) is -1.85. The highest BCUT2D eigenvalue weighted by Crippen LogP contribution is 2.34. The molecule has 176 valence electrons. The third-order valence-corrected chi connectivity index (χ3v) is 4.48. The van der Waals surface area contributed by atoms with E-state index in [9.17, 15) is 19.2 Å². The SMILES string of the molecule is C=CCOC(=O)C(CCC(=O)OCCCC)(CCC(=O)OCCCC)C(=O)OCC=C. The van der Waals surface area contributed by atoms with Gasteiger partial charge in [0.05, 0.1) is 13.2 Å². The van der Waals surface area contributed by atoms with Crippen molar-refractivity contribution in [1.29, 1.82) is 0 Å². The molecule has 0 saturated carbocycles. The molecule has 0 atom stereocenters. The standard InChI is InChI=1S/C23H36O8/c1-5-9-17-28-19(24)11-13-23(21(26)30-15-7-3,22(27)31-16-8-4)14-12-20(25)29-18-10-6-2/h7-8H,3-6,9-18H2,1-2H3. The normalized spacial score (nSPS) is 10.6. The maximum Gasteiger partial charge on any atom is 0.323 e. The van der Waals surface area contributed by atoms with Gasteiger partial charge in [0.2, 0.25) is 0 Å². The molecule has 0 aliphatic carbocycles. The van der Waals surface area contributed by atoms with Crippen molar-refractivity contribution in [3.05, 3.63) is 25.3 Å². The van der Waals surface area contributed by atoms with Crippen LogP contribution in [0.2, 0.25) is 0 Å². The second-order valence-corrected chi connectivity index (χ2v) is 7.00. The molecule has 0 N–H and O–H groups in total. The number of hydrogen-bond donors (Lipinski definition) is 0. The molecule has 0 amide bonds. The molecule has 0 radical (unpaired) electrons. The Morgan fingerprint density at radius 2 is 1.10 bits per heavy atom. The average molecular weight is 441 g/mol. The van der Waals surface area contributed by atoms with Gasteiger partial charge >= 0.3 is 23.9 Å². The van der Waals surface area contributed by atoms with Crippen LogP contribution in [0, 0.1) is 5.41 Å². The van der Waals surface area contributed by atoms with Crippen molar-refractivity contribution in [2.45, 2.75) is 65.2 Å². The summed E-state index contributed by atoms with van der Waals surface area (Å²) in [5, 5.41) is 0.